The monoisotopic (exact) mass is 282 g/mol. The Bertz CT molecular complexity index is 657. The average Bonchev–Trinajstić information content (AvgIpc) is 2.49. The largest absolute Gasteiger partial charge is 0.367 e. The Balaban J connectivity index is 1.87. The zero-order chi connectivity index (χ0) is 14.0. The number of nitriles is 1. The summed E-state index contributed by atoms with van der Waals surface area (Å²) in [5.41, 5.74) is 3.04. The molecule has 0 saturated carbocycles. The van der Waals surface area contributed by atoms with Crippen molar-refractivity contribution in [1.82, 2.24) is 0 Å². The Kier molecular flexibility index (Phi) is 3.38. The Morgan fingerprint density at radius 2 is 1.75 bits per heavy atom. The maximum atomic E-state index is 9.64. The fraction of sp³-hybridized carbons (Fsp3) is 0.235. The molecule has 0 radical (unpaired) electrons. The zero-order valence-corrected chi connectivity index (χ0v) is 11.8. The molecular weight excluding hydrogens is 268 g/mol. The standard InChI is InChI=1S/C17H15ClN2/c18-15-5-7-16(8-6-15)20-17(12-19)10-9-13-3-1-2-4-14(13)11-17/h1-8,20H,9-11H2. The Morgan fingerprint density at radius 1 is 1.05 bits per heavy atom. The Hall–Kier alpha value is -1.98. The highest BCUT2D eigenvalue weighted by molar-refractivity contribution is 6.30. The molecule has 0 fully saturated rings. The lowest BCUT2D eigenvalue weighted by Crippen LogP contribution is -2.42. The highest BCUT2D eigenvalue weighted by Crippen LogP contribution is 2.31. The van der Waals surface area contributed by atoms with Crippen molar-refractivity contribution in [3.8, 4) is 6.07 Å². The fourth-order valence-electron chi connectivity index (χ4n) is 2.77. The minimum atomic E-state index is -0.526. The van der Waals surface area contributed by atoms with E-state index >= 15 is 0 Å². The van der Waals surface area contributed by atoms with Gasteiger partial charge in [0.15, 0.2) is 0 Å². The number of rotatable bonds is 2. The van der Waals surface area contributed by atoms with Gasteiger partial charge in [-0.1, -0.05) is 35.9 Å². The van der Waals surface area contributed by atoms with Gasteiger partial charge in [-0.2, -0.15) is 5.26 Å². The van der Waals surface area contributed by atoms with E-state index in [1.807, 2.05) is 30.3 Å². The highest BCUT2D eigenvalue weighted by atomic mass is 35.5. The third-order valence-electron chi connectivity index (χ3n) is 3.87. The van der Waals surface area contributed by atoms with E-state index in [0.717, 1.165) is 24.9 Å². The smallest absolute Gasteiger partial charge is 0.129 e. The van der Waals surface area contributed by atoms with Crippen LogP contribution in [-0.2, 0) is 12.8 Å². The number of halogens is 1. The van der Waals surface area contributed by atoms with Crippen molar-refractivity contribution in [3.05, 3.63) is 64.7 Å². The van der Waals surface area contributed by atoms with Crippen molar-refractivity contribution in [2.75, 3.05) is 5.32 Å². The van der Waals surface area contributed by atoms with Crippen molar-refractivity contribution in [2.24, 2.45) is 0 Å². The molecule has 20 heavy (non-hydrogen) atoms. The first kappa shape index (κ1) is 13.0. The van der Waals surface area contributed by atoms with E-state index in [0.29, 0.717) is 5.02 Å². The molecule has 2 aromatic carbocycles. The molecule has 0 amide bonds. The second-order valence-corrected chi connectivity index (χ2v) is 5.71. The van der Waals surface area contributed by atoms with Crippen molar-refractivity contribution in [2.45, 2.75) is 24.8 Å². The number of aryl methyl sites for hydroxylation is 1. The van der Waals surface area contributed by atoms with Crippen LogP contribution in [0, 0.1) is 11.3 Å². The molecular formula is C17H15ClN2. The first-order valence-electron chi connectivity index (χ1n) is 6.73. The molecule has 2 aromatic rings. The number of nitrogens with zero attached hydrogens (tertiary/aromatic N) is 1. The highest BCUT2D eigenvalue weighted by Gasteiger charge is 2.34. The lowest BCUT2D eigenvalue weighted by molar-refractivity contribution is 0.507. The summed E-state index contributed by atoms with van der Waals surface area (Å²) in [6.07, 6.45) is 2.50. The molecule has 0 aromatic heterocycles. The summed E-state index contributed by atoms with van der Waals surface area (Å²) >= 11 is 5.90. The van der Waals surface area contributed by atoms with Crippen LogP contribution in [0.2, 0.25) is 5.02 Å². The van der Waals surface area contributed by atoms with Gasteiger partial charge in [0.05, 0.1) is 6.07 Å². The van der Waals surface area contributed by atoms with Gasteiger partial charge < -0.3 is 5.32 Å². The molecule has 1 aliphatic carbocycles. The molecule has 0 saturated heterocycles. The molecule has 0 bridgehead atoms. The number of nitrogens with one attached hydrogen (secondary N) is 1. The van der Waals surface area contributed by atoms with Crippen LogP contribution in [0.4, 0.5) is 5.69 Å². The summed E-state index contributed by atoms with van der Waals surface area (Å²) in [5, 5.41) is 13.7. The lowest BCUT2D eigenvalue weighted by Gasteiger charge is -2.34. The second-order valence-electron chi connectivity index (χ2n) is 5.27. The average molecular weight is 283 g/mol. The van der Waals surface area contributed by atoms with Crippen LogP contribution in [0.15, 0.2) is 48.5 Å². The molecule has 1 aliphatic rings. The van der Waals surface area contributed by atoms with E-state index < -0.39 is 5.54 Å². The van der Waals surface area contributed by atoms with Gasteiger partial charge in [-0.3, -0.25) is 0 Å². The van der Waals surface area contributed by atoms with E-state index in [2.05, 4.69) is 29.6 Å². The van der Waals surface area contributed by atoms with E-state index in [4.69, 9.17) is 11.6 Å². The molecule has 3 heteroatoms. The van der Waals surface area contributed by atoms with Gasteiger partial charge >= 0.3 is 0 Å². The van der Waals surface area contributed by atoms with Gasteiger partial charge in [-0.25, -0.2) is 0 Å². The summed E-state index contributed by atoms with van der Waals surface area (Å²) in [6.45, 7) is 0. The molecule has 0 aliphatic heterocycles. The van der Waals surface area contributed by atoms with Crippen LogP contribution < -0.4 is 5.32 Å². The van der Waals surface area contributed by atoms with E-state index in [1.54, 1.807) is 0 Å². The van der Waals surface area contributed by atoms with Gasteiger partial charge in [-0.05, 0) is 48.2 Å². The third kappa shape index (κ3) is 2.50. The SMILES string of the molecule is N#CC1(Nc2ccc(Cl)cc2)CCc2ccccc2C1. The predicted octanol–water partition coefficient (Wildman–Crippen LogP) is 4.20. The van der Waals surface area contributed by atoms with E-state index in [1.165, 1.54) is 11.1 Å². The van der Waals surface area contributed by atoms with Gasteiger partial charge in [-0.15, -0.1) is 0 Å². The summed E-state index contributed by atoms with van der Waals surface area (Å²) in [5.74, 6) is 0. The Morgan fingerprint density at radius 3 is 2.45 bits per heavy atom. The normalized spacial score (nSPS) is 20.8. The second kappa shape index (κ2) is 5.19. The van der Waals surface area contributed by atoms with Crippen LogP contribution in [0.1, 0.15) is 17.5 Å². The van der Waals surface area contributed by atoms with E-state index in [-0.39, 0.29) is 0 Å². The van der Waals surface area contributed by atoms with Crippen LogP contribution in [0.5, 0.6) is 0 Å². The van der Waals surface area contributed by atoms with Gasteiger partial charge in [0.25, 0.3) is 0 Å². The van der Waals surface area contributed by atoms with Crippen LogP contribution >= 0.6 is 11.6 Å². The minimum absolute atomic E-state index is 0.526. The fourth-order valence-corrected chi connectivity index (χ4v) is 2.90. The molecule has 1 unspecified atom stereocenters. The summed E-state index contributed by atoms with van der Waals surface area (Å²) in [7, 11) is 0. The molecule has 2 nitrogen and oxygen atoms in total. The molecule has 3 rings (SSSR count). The van der Waals surface area contributed by atoms with Crippen LogP contribution in [0.25, 0.3) is 0 Å². The quantitative estimate of drug-likeness (QED) is 0.896. The third-order valence-corrected chi connectivity index (χ3v) is 4.13. The van der Waals surface area contributed by atoms with Crippen LogP contribution in [-0.4, -0.2) is 5.54 Å². The maximum Gasteiger partial charge on any atom is 0.129 e. The summed E-state index contributed by atoms with van der Waals surface area (Å²) in [6, 6.07) is 18.4. The van der Waals surface area contributed by atoms with Crippen LogP contribution in [0.3, 0.4) is 0 Å². The number of hydrogen-bond donors (Lipinski definition) is 1. The maximum absolute atomic E-state index is 9.64. The van der Waals surface area contributed by atoms with Gasteiger partial charge in [0, 0.05) is 17.1 Å². The minimum Gasteiger partial charge on any atom is -0.367 e. The van der Waals surface area contributed by atoms with Gasteiger partial charge in [0.2, 0.25) is 0 Å². The van der Waals surface area contributed by atoms with Gasteiger partial charge in [0.1, 0.15) is 5.54 Å². The topological polar surface area (TPSA) is 35.8 Å². The molecule has 1 atom stereocenters. The predicted molar refractivity (Wildman–Crippen MR) is 81.9 cm³/mol. The molecule has 100 valence electrons. The molecule has 0 heterocycles. The first-order valence-corrected chi connectivity index (χ1v) is 7.10. The molecule has 0 spiro atoms. The number of anilines is 1. The molecule has 1 N–H and O–H groups in total. The summed E-state index contributed by atoms with van der Waals surface area (Å²) in [4.78, 5) is 0. The zero-order valence-electron chi connectivity index (χ0n) is 11.1. The van der Waals surface area contributed by atoms with Crippen molar-refractivity contribution in [1.29, 1.82) is 5.26 Å². The number of hydrogen-bond acceptors (Lipinski definition) is 2. The van der Waals surface area contributed by atoms with Crippen molar-refractivity contribution >= 4 is 17.3 Å². The van der Waals surface area contributed by atoms with Crippen molar-refractivity contribution in [3.63, 3.8) is 0 Å². The number of benzene rings is 2. The number of fused-ring (bicyclic) bond motifs is 1. The summed E-state index contributed by atoms with van der Waals surface area (Å²) < 4.78 is 0. The van der Waals surface area contributed by atoms with Crippen molar-refractivity contribution < 1.29 is 0 Å². The first-order chi connectivity index (χ1) is 9.71. The van der Waals surface area contributed by atoms with E-state index in [9.17, 15) is 5.26 Å². The lowest BCUT2D eigenvalue weighted by atomic mass is 9.78. The Labute approximate surface area is 124 Å².